The van der Waals surface area contributed by atoms with Gasteiger partial charge >= 0.3 is 0 Å². The van der Waals surface area contributed by atoms with Crippen molar-refractivity contribution in [1.29, 1.82) is 0 Å². The number of aryl methyl sites for hydroxylation is 2. The fourth-order valence-corrected chi connectivity index (χ4v) is 1.94. The highest BCUT2D eigenvalue weighted by atomic mass is 14.9. The van der Waals surface area contributed by atoms with Gasteiger partial charge in [-0.3, -0.25) is 0 Å². The zero-order valence-corrected chi connectivity index (χ0v) is 8.39. The Bertz CT molecular complexity index is 458. The van der Waals surface area contributed by atoms with Crippen molar-refractivity contribution in [1.82, 2.24) is 9.97 Å². The first-order valence-electron chi connectivity index (χ1n) is 4.72. The zero-order valence-electron chi connectivity index (χ0n) is 8.39. The Morgan fingerprint density at radius 3 is 2.62 bits per heavy atom. The molecule has 0 spiro atoms. The molecule has 1 aromatic heterocycles. The Hall–Kier alpha value is -1.18. The van der Waals surface area contributed by atoms with Gasteiger partial charge in [0, 0.05) is 5.22 Å². The lowest BCUT2D eigenvalue weighted by Crippen LogP contribution is -2.32. The van der Waals surface area contributed by atoms with Crippen LogP contribution in [0.2, 0.25) is 0 Å². The maximum atomic E-state index is 4.46. The lowest BCUT2D eigenvalue weighted by atomic mass is 10.2. The molecular formula is C11H14N2. The van der Waals surface area contributed by atoms with Crippen LogP contribution in [0.25, 0.3) is 11.6 Å². The molecule has 13 heavy (non-hydrogen) atoms. The van der Waals surface area contributed by atoms with E-state index in [1.54, 1.807) is 0 Å². The van der Waals surface area contributed by atoms with Crippen LogP contribution < -0.4 is 10.6 Å². The average Bonchev–Trinajstić information content (AvgIpc) is 2.46. The molecule has 0 aliphatic heterocycles. The van der Waals surface area contributed by atoms with Gasteiger partial charge in [-0.1, -0.05) is 11.6 Å². The van der Waals surface area contributed by atoms with Crippen LogP contribution in [0.4, 0.5) is 0 Å². The second kappa shape index (κ2) is 2.95. The summed E-state index contributed by atoms with van der Waals surface area (Å²) in [6, 6.07) is 0. The minimum absolute atomic E-state index is 0.890. The molecule has 1 heterocycles. The molecule has 2 nitrogen and oxygen atoms in total. The number of fused-ring (bicyclic) bond motifs is 1. The fourth-order valence-electron chi connectivity index (χ4n) is 1.94. The van der Waals surface area contributed by atoms with Gasteiger partial charge < -0.3 is 0 Å². The van der Waals surface area contributed by atoms with Gasteiger partial charge in [0.15, 0.2) is 0 Å². The number of nitrogens with zero attached hydrogens (tertiary/aromatic N) is 2. The van der Waals surface area contributed by atoms with E-state index in [0.29, 0.717) is 0 Å². The van der Waals surface area contributed by atoms with E-state index in [0.717, 1.165) is 24.0 Å². The predicted octanol–water partition coefficient (Wildman–Crippen LogP) is 0.702. The monoisotopic (exact) mass is 174 g/mol. The summed E-state index contributed by atoms with van der Waals surface area (Å²) in [5.41, 5.74) is 2.67. The Morgan fingerprint density at radius 1 is 1.15 bits per heavy atom. The van der Waals surface area contributed by atoms with E-state index in [4.69, 9.17) is 0 Å². The summed E-state index contributed by atoms with van der Waals surface area (Å²) in [6.07, 6.45) is 4.31. The van der Waals surface area contributed by atoms with Crippen molar-refractivity contribution >= 4 is 11.6 Å². The van der Waals surface area contributed by atoms with Gasteiger partial charge in [-0.2, -0.15) is 0 Å². The number of aromatic nitrogens is 2. The van der Waals surface area contributed by atoms with Crippen molar-refractivity contribution in [3.8, 4) is 0 Å². The molecular weight excluding hydrogens is 160 g/mol. The third-order valence-corrected chi connectivity index (χ3v) is 2.56. The Morgan fingerprint density at radius 2 is 1.92 bits per heavy atom. The summed E-state index contributed by atoms with van der Waals surface area (Å²) in [7, 11) is 0. The van der Waals surface area contributed by atoms with Gasteiger partial charge in [-0.05, 0) is 33.6 Å². The maximum Gasteiger partial charge on any atom is 0.126 e. The van der Waals surface area contributed by atoms with E-state index in [-0.39, 0.29) is 0 Å². The first-order valence-corrected chi connectivity index (χ1v) is 4.72. The van der Waals surface area contributed by atoms with Crippen molar-refractivity contribution in [3.63, 3.8) is 0 Å². The minimum Gasteiger partial charge on any atom is -0.238 e. The lowest BCUT2D eigenvalue weighted by Gasteiger charge is -1.96. The van der Waals surface area contributed by atoms with Gasteiger partial charge in [0.1, 0.15) is 5.82 Å². The van der Waals surface area contributed by atoms with Crippen LogP contribution in [-0.4, -0.2) is 9.97 Å². The van der Waals surface area contributed by atoms with Gasteiger partial charge in [0.05, 0.1) is 11.0 Å². The highest BCUT2D eigenvalue weighted by Gasteiger charge is 2.11. The molecule has 68 valence electrons. The maximum absolute atomic E-state index is 4.46. The molecule has 1 aliphatic rings. The van der Waals surface area contributed by atoms with Crippen LogP contribution in [-0.2, 0) is 6.42 Å². The normalized spacial score (nSPS) is 16.5. The Labute approximate surface area is 78.0 Å². The second-order valence-corrected chi connectivity index (χ2v) is 3.55. The zero-order chi connectivity index (χ0) is 9.42. The van der Waals surface area contributed by atoms with Crippen LogP contribution >= 0.6 is 0 Å². The van der Waals surface area contributed by atoms with Crippen molar-refractivity contribution in [3.05, 3.63) is 22.1 Å². The average molecular weight is 174 g/mol. The molecule has 1 aromatic rings. The van der Waals surface area contributed by atoms with Crippen molar-refractivity contribution in [2.24, 2.45) is 0 Å². The summed E-state index contributed by atoms with van der Waals surface area (Å²) >= 11 is 0. The molecule has 0 atom stereocenters. The molecule has 0 fully saturated rings. The number of rotatable bonds is 0. The van der Waals surface area contributed by atoms with E-state index in [1.807, 2.05) is 13.8 Å². The van der Waals surface area contributed by atoms with Crippen molar-refractivity contribution in [2.45, 2.75) is 33.6 Å². The standard InChI is InChI=1S/C11H14N2/c1-4-9-11-7(2)5-6-10(11)13-8(3)12-9/h4H,5-6H2,1-3H3/b9-4+. The molecule has 0 saturated heterocycles. The molecule has 0 bridgehead atoms. The van der Waals surface area contributed by atoms with Crippen LogP contribution in [0.3, 0.4) is 0 Å². The quantitative estimate of drug-likeness (QED) is 0.578. The van der Waals surface area contributed by atoms with Crippen molar-refractivity contribution < 1.29 is 0 Å². The van der Waals surface area contributed by atoms with E-state index in [9.17, 15) is 0 Å². The third kappa shape index (κ3) is 1.26. The van der Waals surface area contributed by atoms with Crippen LogP contribution in [0, 0.1) is 6.92 Å². The van der Waals surface area contributed by atoms with E-state index < -0.39 is 0 Å². The van der Waals surface area contributed by atoms with Gasteiger partial charge in [0.2, 0.25) is 0 Å². The number of hydrogen-bond donors (Lipinski definition) is 0. The first-order chi connectivity index (χ1) is 6.22. The summed E-state index contributed by atoms with van der Waals surface area (Å²) < 4.78 is 0. The molecule has 0 saturated carbocycles. The third-order valence-electron chi connectivity index (χ3n) is 2.56. The smallest absolute Gasteiger partial charge is 0.126 e. The molecule has 0 aromatic carbocycles. The second-order valence-electron chi connectivity index (χ2n) is 3.55. The molecule has 1 aliphatic carbocycles. The summed E-state index contributed by atoms with van der Waals surface area (Å²) in [5.74, 6) is 0.890. The van der Waals surface area contributed by atoms with Crippen LogP contribution in [0.15, 0.2) is 0 Å². The van der Waals surface area contributed by atoms with Gasteiger partial charge in [-0.25, -0.2) is 9.97 Å². The topological polar surface area (TPSA) is 25.8 Å². The highest BCUT2D eigenvalue weighted by Crippen LogP contribution is 2.09. The molecule has 2 heteroatoms. The minimum atomic E-state index is 0.890. The largest absolute Gasteiger partial charge is 0.238 e. The van der Waals surface area contributed by atoms with E-state index in [2.05, 4.69) is 23.0 Å². The SMILES string of the molecule is C/C=c1/nc(C)nc2c1=C(C)CC2. The van der Waals surface area contributed by atoms with E-state index >= 15 is 0 Å². The predicted molar refractivity (Wildman–Crippen MR) is 53.6 cm³/mol. The summed E-state index contributed by atoms with van der Waals surface area (Å²) in [4.78, 5) is 8.89. The first kappa shape index (κ1) is 8.42. The number of hydrogen-bond acceptors (Lipinski definition) is 2. The lowest BCUT2D eigenvalue weighted by molar-refractivity contribution is 0.916. The van der Waals surface area contributed by atoms with Gasteiger partial charge in [0.25, 0.3) is 0 Å². The molecule has 0 unspecified atom stereocenters. The Balaban J connectivity index is 2.93. The van der Waals surface area contributed by atoms with E-state index in [1.165, 1.54) is 16.5 Å². The molecule has 0 radical (unpaired) electrons. The summed E-state index contributed by atoms with van der Waals surface area (Å²) in [5, 5.41) is 2.41. The summed E-state index contributed by atoms with van der Waals surface area (Å²) in [6.45, 7) is 6.17. The van der Waals surface area contributed by atoms with Crippen LogP contribution in [0.5, 0.6) is 0 Å². The Kier molecular flexibility index (Phi) is 1.91. The molecule has 0 N–H and O–H groups in total. The fraction of sp³-hybridized carbons (Fsp3) is 0.455. The van der Waals surface area contributed by atoms with Crippen molar-refractivity contribution in [2.75, 3.05) is 0 Å². The van der Waals surface area contributed by atoms with Gasteiger partial charge in [-0.15, -0.1) is 0 Å². The molecule has 0 amide bonds. The highest BCUT2D eigenvalue weighted by molar-refractivity contribution is 5.48. The molecule has 2 rings (SSSR count). The van der Waals surface area contributed by atoms with Crippen LogP contribution in [0.1, 0.15) is 31.8 Å².